The molecule has 0 radical (unpaired) electrons. The number of hydrogen-bond donors (Lipinski definition) is 1. The van der Waals surface area contributed by atoms with Gasteiger partial charge in [-0.2, -0.15) is 0 Å². The summed E-state index contributed by atoms with van der Waals surface area (Å²) in [5.41, 5.74) is 3.10. The van der Waals surface area contributed by atoms with Gasteiger partial charge in [0.15, 0.2) is 12.3 Å². The lowest BCUT2D eigenvalue weighted by atomic mass is 10.3. The highest BCUT2D eigenvalue weighted by atomic mass is 35.5. The molecule has 2 aromatic heterocycles. The molecule has 0 saturated heterocycles. The van der Waals surface area contributed by atoms with E-state index in [9.17, 15) is 4.79 Å². The first-order valence-electron chi connectivity index (χ1n) is 7.65. The van der Waals surface area contributed by atoms with Crippen molar-refractivity contribution in [1.82, 2.24) is 19.9 Å². The number of fused-ring (bicyclic) bond motifs is 2. The summed E-state index contributed by atoms with van der Waals surface area (Å²) in [6.45, 7) is -0.415. The summed E-state index contributed by atoms with van der Waals surface area (Å²) in [4.78, 5) is 26.9. The van der Waals surface area contributed by atoms with Crippen LogP contribution in [-0.2, 0) is 4.79 Å². The van der Waals surface area contributed by atoms with Crippen LogP contribution in [0, 0.1) is 0 Å². The summed E-state index contributed by atoms with van der Waals surface area (Å²) in [5, 5.41) is 9.11. The van der Waals surface area contributed by atoms with E-state index in [1.54, 1.807) is 12.3 Å². The van der Waals surface area contributed by atoms with Gasteiger partial charge >= 0.3 is 5.97 Å². The molecule has 1 N–H and O–H groups in total. The Balaban J connectivity index is 0.000000157. The van der Waals surface area contributed by atoms with E-state index in [-0.39, 0.29) is 0 Å². The smallest absolute Gasteiger partial charge is 0.341 e. The Morgan fingerprint density at radius 2 is 1.78 bits per heavy atom. The van der Waals surface area contributed by atoms with E-state index in [1.807, 2.05) is 24.3 Å². The highest BCUT2D eigenvalue weighted by Crippen LogP contribution is 2.27. The number of rotatable bonds is 3. The van der Waals surface area contributed by atoms with Gasteiger partial charge in [0.25, 0.3) is 0 Å². The summed E-state index contributed by atoms with van der Waals surface area (Å²) in [5.74, 6) is -0.737. The molecule has 0 spiro atoms. The number of nitrogens with zero attached hydrogens (tertiary/aromatic N) is 4. The van der Waals surface area contributed by atoms with Crippen LogP contribution >= 0.6 is 23.2 Å². The number of benzene rings is 2. The minimum absolute atomic E-state index is 0.300. The lowest BCUT2D eigenvalue weighted by Crippen LogP contribution is -2.09. The predicted octanol–water partition coefficient (Wildman–Crippen LogP) is 4.03. The van der Waals surface area contributed by atoms with E-state index in [2.05, 4.69) is 19.9 Å². The van der Waals surface area contributed by atoms with Crippen molar-refractivity contribution in [2.45, 2.75) is 0 Å². The first-order valence-corrected chi connectivity index (χ1v) is 8.40. The molecule has 0 atom stereocenters. The molecule has 0 fully saturated rings. The SMILES string of the molecule is O=C(O)COc1ccc(Cl)cc1Cl.c1ccc2nc3ncncc3nc2c1. The van der Waals surface area contributed by atoms with E-state index >= 15 is 0 Å². The van der Waals surface area contributed by atoms with Gasteiger partial charge in [-0.25, -0.2) is 24.7 Å². The van der Waals surface area contributed by atoms with Gasteiger partial charge in [-0.3, -0.25) is 0 Å². The number of hydrogen-bond acceptors (Lipinski definition) is 6. The Morgan fingerprint density at radius 3 is 2.48 bits per heavy atom. The highest BCUT2D eigenvalue weighted by Gasteiger charge is 2.04. The summed E-state index contributed by atoms with van der Waals surface area (Å²) < 4.78 is 4.86. The molecule has 2 heterocycles. The first-order chi connectivity index (χ1) is 13.0. The van der Waals surface area contributed by atoms with Crippen molar-refractivity contribution in [3.63, 3.8) is 0 Å². The summed E-state index contributed by atoms with van der Waals surface area (Å²) >= 11 is 11.3. The maximum atomic E-state index is 10.2. The van der Waals surface area contributed by atoms with Crippen LogP contribution in [0.4, 0.5) is 0 Å². The Hall–Kier alpha value is -3.03. The fraction of sp³-hybridized carbons (Fsp3) is 0.0556. The standard InChI is InChI=1S/C10H6N4.C8H6Cl2O3/c1-2-4-8-7(3-1)13-9-5-11-6-12-10(9)14-8;9-5-1-2-7(6(10)3-5)13-4-8(11)12/h1-6H;1-3H,4H2,(H,11,12). The molecule has 4 rings (SSSR count). The second-order valence-electron chi connectivity index (χ2n) is 5.20. The van der Waals surface area contributed by atoms with Gasteiger partial charge in [0.05, 0.1) is 22.3 Å². The average Bonchev–Trinajstić information content (AvgIpc) is 2.66. The minimum Gasteiger partial charge on any atom is -0.480 e. The van der Waals surface area contributed by atoms with E-state index in [1.165, 1.54) is 18.5 Å². The van der Waals surface area contributed by atoms with Crippen molar-refractivity contribution >= 4 is 51.4 Å². The topological polar surface area (TPSA) is 98.1 Å². The quantitative estimate of drug-likeness (QED) is 0.516. The van der Waals surface area contributed by atoms with Crippen LogP contribution in [0.1, 0.15) is 0 Å². The molecule has 0 bridgehead atoms. The summed E-state index contributed by atoms with van der Waals surface area (Å²) in [6, 6.07) is 12.3. The fourth-order valence-corrected chi connectivity index (χ4v) is 2.57. The maximum absolute atomic E-state index is 10.2. The summed E-state index contributed by atoms with van der Waals surface area (Å²) in [7, 11) is 0. The fourth-order valence-electron chi connectivity index (χ4n) is 2.11. The largest absolute Gasteiger partial charge is 0.480 e. The zero-order valence-corrected chi connectivity index (χ0v) is 15.2. The molecule has 0 aliphatic rings. The van der Waals surface area contributed by atoms with Crippen molar-refractivity contribution < 1.29 is 14.6 Å². The highest BCUT2D eigenvalue weighted by molar-refractivity contribution is 6.35. The minimum atomic E-state index is -1.05. The summed E-state index contributed by atoms with van der Waals surface area (Å²) in [6.07, 6.45) is 3.15. The van der Waals surface area contributed by atoms with E-state index < -0.39 is 12.6 Å². The predicted molar refractivity (Wildman–Crippen MR) is 102 cm³/mol. The Labute approximate surface area is 163 Å². The molecule has 2 aromatic carbocycles. The molecular formula is C18H12Cl2N4O3. The van der Waals surface area contributed by atoms with Gasteiger partial charge in [-0.1, -0.05) is 35.3 Å². The Morgan fingerprint density at radius 1 is 1.04 bits per heavy atom. The third-order valence-electron chi connectivity index (χ3n) is 3.27. The second kappa shape index (κ2) is 8.57. The van der Waals surface area contributed by atoms with Crippen molar-refractivity contribution in [3.05, 3.63) is 65.0 Å². The van der Waals surface area contributed by atoms with Gasteiger partial charge < -0.3 is 9.84 Å². The molecule has 7 nitrogen and oxygen atoms in total. The molecule has 0 amide bonds. The zero-order chi connectivity index (χ0) is 19.2. The number of ether oxygens (including phenoxy) is 1. The molecule has 0 aliphatic carbocycles. The number of carboxylic acids is 1. The van der Waals surface area contributed by atoms with E-state index in [4.69, 9.17) is 33.0 Å². The van der Waals surface area contributed by atoms with Crippen molar-refractivity contribution in [1.29, 1.82) is 0 Å². The van der Waals surface area contributed by atoms with Crippen molar-refractivity contribution in [2.24, 2.45) is 0 Å². The normalized spacial score (nSPS) is 10.3. The monoisotopic (exact) mass is 402 g/mol. The lowest BCUT2D eigenvalue weighted by molar-refractivity contribution is -0.139. The second-order valence-corrected chi connectivity index (χ2v) is 6.04. The number of aromatic nitrogens is 4. The van der Waals surface area contributed by atoms with Crippen LogP contribution in [0.2, 0.25) is 10.0 Å². The molecule has 136 valence electrons. The van der Waals surface area contributed by atoms with Gasteiger partial charge in [-0.15, -0.1) is 0 Å². The van der Waals surface area contributed by atoms with E-state index in [0.717, 1.165) is 16.6 Å². The number of para-hydroxylation sites is 2. The maximum Gasteiger partial charge on any atom is 0.341 e. The molecule has 27 heavy (non-hydrogen) atoms. The van der Waals surface area contributed by atoms with Crippen LogP contribution < -0.4 is 4.74 Å². The first kappa shape index (κ1) is 18.8. The molecule has 0 aliphatic heterocycles. The molecule has 4 aromatic rings. The molecule has 0 saturated carbocycles. The number of aliphatic carboxylic acids is 1. The van der Waals surface area contributed by atoms with Crippen molar-refractivity contribution in [2.75, 3.05) is 6.61 Å². The van der Waals surface area contributed by atoms with Gasteiger partial charge in [0.2, 0.25) is 0 Å². The van der Waals surface area contributed by atoms with Crippen LogP contribution in [0.15, 0.2) is 55.0 Å². The van der Waals surface area contributed by atoms with Crippen LogP contribution in [0.3, 0.4) is 0 Å². The van der Waals surface area contributed by atoms with Crippen LogP contribution in [-0.4, -0.2) is 37.6 Å². The van der Waals surface area contributed by atoms with E-state index in [0.29, 0.717) is 21.4 Å². The van der Waals surface area contributed by atoms with Gasteiger partial charge in [-0.05, 0) is 30.3 Å². The van der Waals surface area contributed by atoms with Crippen molar-refractivity contribution in [3.8, 4) is 5.75 Å². The molecule has 9 heteroatoms. The molecule has 0 unspecified atom stereocenters. The number of carboxylic acid groups (broad SMARTS) is 1. The average molecular weight is 403 g/mol. The zero-order valence-electron chi connectivity index (χ0n) is 13.7. The number of halogens is 2. The number of carbonyl (C=O) groups is 1. The van der Waals surface area contributed by atoms with Gasteiger partial charge in [0, 0.05) is 5.02 Å². The lowest BCUT2D eigenvalue weighted by Gasteiger charge is -2.04. The Kier molecular flexibility index (Phi) is 5.95. The van der Waals surface area contributed by atoms with Crippen LogP contribution in [0.5, 0.6) is 5.75 Å². The van der Waals surface area contributed by atoms with Gasteiger partial charge in [0.1, 0.15) is 17.6 Å². The molecular weight excluding hydrogens is 391 g/mol. The Bertz CT molecular complexity index is 1000. The third-order valence-corrected chi connectivity index (χ3v) is 3.80. The third kappa shape index (κ3) is 4.99. The van der Waals surface area contributed by atoms with Crippen LogP contribution in [0.25, 0.3) is 22.2 Å².